The summed E-state index contributed by atoms with van der Waals surface area (Å²) in [6.07, 6.45) is 10.8. The first kappa shape index (κ1) is 7.66. The Bertz CT molecular complexity index is 199. The Balaban J connectivity index is 2.63. The molecule has 52 valence electrons. The first-order chi connectivity index (χ1) is 4.54. The predicted octanol–water partition coefficient (Wildman–Crippen LogP) is 1.58. The zero-order chi connectivity index (χ0) is 7.83. The van der Waals surface area contributed by atoms with Gasteiger partial charge in [0.15, 0.2) is 0 Å². The molecular formula is C8H12Si2. The lowest BCUT2D eigenvalue weighted by molar-refractivity contribution is 1.42. The van der Waals surface area contributed by atoms with Gasteiger partial charge in [-0.05, 0) is 11.3 Å². The molecule has 0 spiro atoms. The molecule has 0 atom stereocenters. The van der Waals surface area contributed by atoms with Crippen LogP contribution in [0.4, 0.5) is 0 Å². The molecule has 1 heterocycles. The lowest BCUT2D eigenvalue weighted by Crippen LogP contribution is -2.58. The summed E-state index contributed by atoms with van der Waals surface area (Å²) in [4.78, 5) is 0. The van der Waals surface area contributed by atoms with E-state index < -0.39 is 16.1 Å². The summed E-state index contributed by atoms with van der Waals surface area (Å²) in [6.45, 7) is 4.53. The zero-order valence-corrected chi connectivity index (χ0v) is 8.57. The van der Waals surface area contributed by atoms with E-state index in [9.17, 15) is 0 Å². The molecule has 0 amide bonds. The lowest BCUT2D eigenvalue weighted by Gasteiger charge is -2.43. The van der Waals surface area contributed by atoms with E-state index in [1.165, 1.54) is 11.3 Å². The van der Waals surface area contributed by atoms with Gasteiger partial charge >= 0.3 is 0 Å². The second kappa shape index (κ2) is 2.02. The van der Waals surface area contributed by atoms with Crippen molar-refractivity contribution in [3.63, 3.8) is 0 Å². The lowest BCUT2D eigenvalue weighted by atomic mass is 11.4. The minimum atomic E-state index is -1.18. The van der Waals surface area contributed by atoms with E-state index in [0.717, 1.165) is 0 Å². The Morgan fingerprint density at radius 2 is 1.30 bits per heavy atom. The molecule has 1 aliphatic rings. The van der Waals surface area contributed by atoms with Crippen molar-refractivity contribution in [2.45, 2.75) is 24.4 Å². The van der Waals surface area contributed by atoms with Crippen LogP contribution in [0.3, 0.4) is 0 Å². The average Bonchev–Trinajstić information content (AvgIpc) is 1.85. The molecule has 0 aliphatic carbocycles. The highest BCUT2D eigenvalue weighted by molar-refractivity contribution is 7.18. The van der Waals surface area contributed by atoms with E-state index in [2.05, 4.69) is 24.2 Å². The highest BCUT2D eigenvalue weighted by atomic mass is 28.5. The summed E-state index contributed by atoms with van der Waals surface area (Å²) in [6, 6.07) is 0. The normalized spacial score (nSPS) is 44.8. The zero-order valence-electron chi connectivity index (χ0n) is 6.57. The molecule has 1 saturated heterocycles. The maximum atomic E-state index is 5.41. The van der Waals surface area contributed by atoms with Gasteiger partial charge in [0, 0.05) is 0 Å². The van der Waals surface area contributed by atoms with E-state index in [1.54, 1.807) is 0 Å². The van der Waals surface area contributed by atoms with Gasteiger partial charge < -0.3 is 0 Å². The SMILES string of the molecule is C#C[Si]1(C)C[Si](C)(C#C)C1. The highest BCUT2D eigenvalue weighted by Crippen LogP contribution is 2.38. The van der Waals surface area contributed by atoms with Crippen LogP contribution in [0.25, 0.3) is 0 Å². The Labute approximate surface area is 65.0 Å². The predicted molar refractivity (Wildman–Crippen MR) is 50.5 cm³/mol. The largest absolute Gasteiger partial charge is 0.135 e. The third-order valence-corrected chi connectivity index (χ3v) is 16.1. The topological polar surface area (TPSA) is 0 Å². The molecule has 1 fully saturated rings. The molecule has 0 saturated carbocycles. The molecule has 0 aromatic heterocycles. The Morgan fingerprint density at radius 3 is 1.50 bits per heavy atom. The van der Waals surface area contributed by atoms with Crippen molar-refractivity contribution in [3.8, 4) is 23.9 Å². The third kappa shape index (κ3) is 1.05. The minimum absolute atomic E-state index is 1.18. The van der Waals surface area contributed by atoms with Gasteiger partial charge in [0.25, 0.3) is 0 Å². The summed E-state index contributed by atoms with van der Waals surface area (Å²) in [5.41, 5.74) is 8.40. The summed E-state index contributed by atoms with van der Waals surface area (Å²) in [5.74, 6) is 0. The van der Waals surface area contributed by atoms with Gasteiger partial charge in [0.05, 0.1) is 0 Å². The number of terminal acetylenes is 2. The van der Waals surface area contributed by atoms with Crippen LogP contribution in [0.15, 0.2) is 0 Å². The second-order valence-electron chi connectivity index (χ2n) is 3.76. The first-order valence-corrected chi connectivity index (χ1v) is 9.32. The van der Waals surface area contributed by atoms with Gasteiger partial charge in [-0.2, -0.15) is 0 Å². The van der Waals surface area contributed by atoms with Crippen molar-refractivity contribution in [2.75, 3.05) is 0 Å². The van der Waals surface area contributed by atoms with Crippen LogP contribution in [0.2, 0.25) is 24.4 Å². The maximum absolute atomic E-state index is 5.41. The van der Waals surface area contributed by atoms with Gasteiger partial charge in [0.1, 0.15) is 16.1 Å². The highest BCUT2D eigenvalue weighted by Gasteiger charge is 2.50. The van der Waals surface area contributed by atoms with Gasteiger partial charge in [-0.15, -0.1) is 23.9 Å². The maximum Gasteiger partial charge on any atom is 0.131 e. The summed E-state index contributed by atoms with van der Waals surface area (Å²) in [5, 5.41) is 0. The monoisotopic (exact) mass is 164 g/mol. The third-order valence-electron chi connectivity index (χ3n) is 2.26. The van der Waals surface area contributed by atoms with Gasteiger partial charge in [0.2, 0.25) is 0 Å². The van der Waals surface area contributed by atoms with Crippen molar-refractivity contribution in [1.29, 1.82) is 0 Å². The van der Waals surface area contributed by atoms with Crippen LogP contribution in [0.1, 0.15) is 0 Å². The average molecular weight is 164 g/mol. The summed E-state index contributed by atoms with van der Waals surface area (Å²) < 4.78 is 0. The van der Waals surface area contributed by atoms with E-state index in [4.69, 9.17) is 12.8 Å². The molecule has 0 bridgehead atoms. The fourth-order valence-electron chi connectivity index (χ4n) is 1.87. The van der Waals surface area contributed by atoms with Gasteiger partial charge in [-0.25, -0.2) is 0 Å². The molecule has 0 aromatic carbocycles. The molecule has 1 aliphatic heterocycles. The van der Waals surface area contributed by atoms with Crippen LogP contribution in [-0.2, 0) is 0 Å². The van der Waals surface area contributed by atoms with Gasteiger partial charge in [-0.3, -0.25) is 0 Å². The van der Waals surface area contributed by atoms with E-state index >= 15 is 0 Å². The molecule has 0 radical (unpaired) electrons. The van der Waals surface area contributed by atoms with Crippen molar-refractivity contribution in [3.05, 3.63) is 0 Å². The standard InChI is InChI=1S/C8H12Si2/c1-5-9(3)7-10(4,6-2)8-9/h1-2H,7-8H2,3-4H3. The van der Waals surface area contributed by atoms with E-state index in [-0.39, 0.29) is 0 Å². The first-order valence-electron chi connectivity index (χ1n) is 3.49. The number of hydrogen-bond acceptors (Lipinski definition) is 0. The summed E-state index contributed by atoms with van der Waals surface area (Å²) in [7, 11) is -2.36. The number of rotatable bonds is 0. The molecule has 0 unspecified atom stereocenters. The molecule has 1 rings (SSSR count). The fraction of sp³-hybridized carbons (Fsp3) is 0.500. The van der Waals surface area contributed by atoms with Crippen molar-refractivity contribution in [1.82, 2.24) is 0 Å². The number of hydrogen-bond donors (Lipinski definition) is 0. The van der Waals surface area contributed by atoms with Crippen LogP contribution >= 0.6 is 0 Å². The molecule has 0 N–H and O–H groups in total. The quantitative estimate of drug-likeness (QED) is 0.377. The van der Waals surface area contributed by atoms with Crippen molar-refractivity contribution >= 4 is 16.1 Å². The molecule has 2 heteroatoms. The van der Waals surface area contributed by atoms with E-state index in [1.807, 2.05) is 0 Å². The van der Waals surface area contributed by atoms with Crippen LogP contribution < -0.4 is 0 Å². The minimum Gasteiger partial charge on any atom is -0.135 e. The Kier molecular flexibility index (Phi) is 1.55. The second-order valence-corrected chi connectivity index (χ2v) is 13.4. The fourth-order valence-corrected chi connectivity index (χ4v) is 16.9. The smallest absolute Gasteiger partial charge is 0.131 e. The molecule has 10 heavy (non-hydrogen) atoms. The van der Waals surface area contributed by atoms with Crippen LogP contribution in [0.5, 0.6) is 0 Å². The van der Waals surface area contributed by atoms with Crippen molar-refractivity contribution < 1.29 is 0 Å². The molecule has 0 nitrogen and oxygen atoms in total. The molecular weight excluding hydrogens is 152 g/mol. The Hall–Kier alpha value is -0.446. The van der Waals surface area contributed by atoms with E-state index in [0.29, 0.717) is 0 Å². The van der Waals surface area contributed by atoms with Gasteiger partial charge in [-0.1, -0.05) is 13.1 Å². The Morgan fingerprint density at radius 1 is 1.00 bits per heavy atom. The van der Waals surface area contributed by atoms with Crippen molar-refractivity contribution in [2.24, 2.45) is 0 Å². The molecule has 0 aromatic rings. The van der Waals surface area contributed by atoms with Crippen LogP contribution in [0, 0.1) is 23.9 Å². The summed E-state index contributed by atoms with van der Waals surface area (Å²) >= 11 is 0. The van der Waals surface area contributed by atoms with Crippen LogP contribution in [-0.4, -0.2) is 16.1 Å².